The van der Waals surface area contributed by atoms with E-state index in [0.29, 0.717) is 5.56 Å². The third kappa shape index (κ3) is 1.86. The summed E-state index contributed by atoms with van der Waals surface area (Å²) in [5, 5.41) is 11.3. The van der Waals surface area contributed by atoms with Crippen LogP contribution in [-0.4, -0.2) is 17.4 Å². The van der Waals surface area contributed by atoms with Crippen LogP contribution in [0.5, 0.6) is 0 Å². The molecule has 0 saturated heterocycles. The monoisotopic (exact) mass is 220 g/mol. The van der Waals surface area contributed by atoms with Gasteiger partial charge in [-0.15, -0.1) is 0 Å². The van der Waals surface area contributed by atoms with Crippen molar-refractivity contribution in [2.24, 2.45) is 5.16 Å². The molecule has 6 nitrogen and oxygen atoms in total. The predicted octanol–water partition coefficient (Wildman–Crippen LogP) is 0.851. The molecule has 2 N–H and O–H groups in total. The Hall–Kier alpha value is -2.34. The van der Waals surface area contributed by atoms with Gasteiger partial charge < -0.3 is 5.21 Å². The molecule has 2 rings (SSSR count). The normalized spacial score (nSPS) is 16.1. The van der Waals surface area contributed by atoms with E-state index in [9.17, 15) is 4.79 Å². The van der Waals surface area contributed by atoms with E-state index in [-0.39, 0.29) is 11.3 Å². The standard InChI is InChI=1S/C10H8N2O4/c13-10-9(7-4-2-1-3-5-7)8(6-11-14)12-16-15-10/h1-6,12,14H. The number of hydrogen-bond donors (Lipinski definition) is 2. The molecule has 0 aliphatic carbocycles. The maximum Gasteiger partial charge on any atom is 0.378 e. The van der Waals surface area contributed by atoms with Crippen molar-refractivity contribution >= 4 is 17.8 Å². The Bertz CT molecular complexity index is 453. The molecular formula is C10H8N2O4. The van der Waals surface area contributed by atoms with Gasteiger partial charge in [-0.25, -0.2) is 10.3 Å². The molecule has 0 saturated carbocycles. The van der Waals surface area contributed by atoms with E-state index < -0.39 is 5.97 Å². The van der Waals surface area contributed by atoms with Gasteiger partial charge in [0.15, 0.2) is 0 Å². The third-order valence-electron chi connectivity index (χ3n) is 1.99. The number of rotatable bonds is 2. The molecule has 16 heavy (non-hydrogen) atoms. The first-order chi connectivity index (χ1) is 7.83. The Kier molecular flexibility index (Phi) is 2.84. The van der Waals surface area contributed by atoms with Gasteiger partial charge in [-0.05, 0) is 5.56 Å². The Balaban J connectivity index is 2.51. The van der Waals surface area contributed by atoms with Crippen molar-refractivity contribution in [1.82, 2.24) is 5.48 Å². The van der Waals surface area contributed by atoms with Gasteiger partial charge in [0.2, 0.25) is 0 Å². The van der Waals surface area contributed by atoms with E-state index in [0.717, 1.165) is 6.21 Å². The number of carbonyl (C=O) groups excluding carboxylic acids is 1. The number of benzene rings is 1. The highest BCUT2D eigenvalue weighted by Crippen LogP contribution is 2.21. The zero-order chi connectivity index (χ0) is 11.4. The second-order valence-corrected chi connectivity index (χ2v) is 2.96. The topological polar surface area (TPSA) is 80.2 Å². The van der Waals surface area contributed by atoms with Gasteiger partial charge >= 0.3 is 5.97 Å². The first-order valence-corrected chi connectivity index (χ1v) is 4.44. The maximum absolute atomic E-state index is 11.5. The molecule has 1 aliphatic rings. The Labute approximate surface area is 90.7 Å². The molecular weight excluding hydrogens is 212 g/mol. The van der Waals surface area contributed by atoms with Gasteiger partial charge in [-0.2, -0.15) is 0 Å². The molecule has 0 bridgehead atoms. The summed E-state index contributed by atoms with van der Waals surface area (Å²) in [5.41, 5.74) is 3.43. The van der Waals surface area contributed by atoms with Crippen LogP contribution in [0.25, 0.3) is 5.57 Å². The van der Waals surface area contributed by atoms with Crippen LogP contribution in [0.1, 0.15) is 5.56 Å². The van der Waals surface area contributed by atoms with Crippen LogP contribution in [0.15, 0.2) is 41.2 Å². The second kappa shape index (κ2) is 4.45. The average molecular weight is 220 g/mol. The van der Waals surface area contributed by atoms with Crippen LogP contribution in [0, 0.1) is 0 Å². The maximum atomic E-state index is 11.5. The number of hydroxylamine groups is 1. The molecule has 1 aromatic rings. The minimum absolute atomic E-state index is 0.227. The SMILES string of the molecule is O=C1OONC(C=NO)=C1c1ccccc1. The predicted molar refractivity (Wildman–Crippen MR) is 54.0 cm³/mol. The van der Waals surface area contributed by atoms with Gasteiger partial charge in [0.1, 0.15) is 5.70 Å². The first-order valence-electron chi connectivity index (χ1n) is 4.44. The molecule has 82 valence electrons. The van der Waals surface area contributed by atoms with Crippen molar-refractivity contribution < 1.29 is 19.9 Å². The molecule has 0 spiro atoms. The minimum atomic E-state index is -0.653. The van der Waals surface area contributed by atoms with Crippen LogP contribution >= 0.6 is 0 Å². The smallest absolute Gasteiger partial charge is 0.378 e. The van der Waals surface area contributed by atoms with E-state index in [4.69, 9.17) is 5.21 Å². The summed E-state index contributed by atoms with van der Waals surface area (Å²) in [4.78, 5) is 20.2. The minimum Gasteiger partial charge on any atom is -0.411 e. The Morgan fingerprint density at radius 1 is 1.31 bits per heavy atom. The van der Waals surface area contributed by atoms with Crippen molar-refractivity contribution in [3.8, 4) is 0 Å². The van der Waals surface area contributed by atoms with E-state index in [1.54, 1.807) is 24.3 Å². The van der Waals surface area contributed by atoms with Crippen molar-refractivity contribution in [1.29, 1.82) is 0 Å². The van der Waals surface area contributed by atoms with Crippen molar-refractivity contribution in [3.05, 3.63) is 41.6 Å². The van der Waals surface area contributed by atoms with E-state index in [1.807, 2.05) is 6.07 Å². The summed E-state index contributed by atoms with van der Waals surface area (Å²) in [6.45, 7) is 0. The van der Waals surface area contributed by atoms with Crippen LogP contribution in [0.2, 0.25) is 0 Å². The number of allylic oxidation sites excluding steroid dienone is 1. The lowest BCUT2D eigenvalue weighted by atomic mass is 10.0. The largest absolute Gasteiger partial charge is 0.411 e. The van der Waals surface area contributed by atoms with Crippen LogP contribution in [0.4, 0.5) is 0 Å². The Morgan fingerprint density at radius 3 is 2.75 bits per heavy atom. The number of hydrogen-bond acceptors (Lipinski definition) is 6. The molecule has 0 unspecified atom stereocenters. The van der Waals surface area contributed by atoms with Crippen molar-refractivity contribution in [2.75, 3.05) is 0 Å². The van der Waals surface area contributed by atoms with Gasteiger partial charge in [0, 0.05) is 0 Å². The summed E-state index contributed by atoms with van der Waals surface area (Å²) < 4.78 is 0. The lowest BCUT2D eigenvalue weighted by Gasteiger charge is -2.16. The third-order valence-corrected chi connectivity index (χ3v) is 1.99. The Morgan fingerprint density at radius 2 is 2.06 bits per heavy atom. The van der Waals surface area contributed by atoms with Gasteiger partial charge in [0.25, 0.3) is 0 Å². The molecule has 0 amide bonds. The zero-order valence-corrected chi connectivity index (χ0v) is 8.08. The highest BCUT2D eigenvalue weighted by Gasteiger charge is 2.24. The molecule has 0 fully saturated rings. The van der Waals surface area contributed by atoms with Crippen LogP contribution in [0.3, 0.4) is 0 Å². The molecule has 0 atom stereocenters. The molecule has 0 radical (unpaired) electrons. The second-order valence-electron chi connectivity index (χ2n) is 2.96. The summed E-state index contributed by atoms with van der Waals surface area (Å²) in [7, 11) is 0. The van der Waals surface area contributed by atoms with Gasteiger partial charge in [-0.1, -0.05) is 40.5 Å². The van der Waals surface area contributed by atoms with E-state index >= 15 is 0 Å². The van der Waals surface area contributed by atoms with Gasteiger partial charge in [0.05, 0.1) is 11.8 Å². The van der Waals surface area contributed by atoms with Gasteiger partial charge in [-0.3, -0.25) is 4.89 Å². The zero-order valence-electron chi connectivity index (χ0n) is 8.08. The number of carbonyl (C=O) groups is 1. The summed E-state index contributed by atoms with van der Waals surface area (Å²) in [6, 6.07) is 8.84. The molecule has 1 heterocycles. The van der Waals surface area contributed by atoms with Crippen molar-refractivity contribution in [3.63, 3.8) is 0 Å². The lowest BCUT2D eigenvalue weighted by molar-refractivity contribution is -0.300. The van der Waals surface area contributed by atoms with E-state index in [1.165, 1.54) is 0 Å². The number of nitrogens with zero attached hydrogens (tertiary/aromatic N) is 1. The van der Waals surface area contributed by atoms with Crippen LogP contribution in [-0.2, 0) is 14.7 Å². The average Bonchev–Trinajstić information content (AvgIpc) is 2.31. The fraction of sp³-hybridized carbons (Fsp3) is 0. The summed E-state index contributed by atoms with van der Waals surface area (Å²) in [5.74, 6) is -0.653. The highest BCUT2D eigenvalue weighted by atomic mass is 17.3. The fourth-order valence-electron chi connectivity index (χ4n) is 1.33. The molecule has 1 aliphatic heterocycles. The van der Waals surface area contributed by atoms with Crippen molar-refractivity contribution in [2.45, 2.75) is 0 Å². The van der Waals surface area contributed by atoms with E-state index in [2.05, 4.69) is 20.5 Å². The summed E-state index contributed by atoms with van der Waals surface area (Å²) >= 11 is 0. The number of oxime groups is 1. The molecule has 6 heteroatoms. The first kappa shape index (κ1) is 10.2. The lowest BCUT2D eigenvalue weighted by Crippen LogP contribution is -2.28. The quantitative estimate of drug-likeness (QED) is 0.334. The molecule has 0 aromatic heterocycles. The summed E-state index contributed by atoms with van der Waals surface area (Å²) in [6.07, 6.45) is 1.06. The number of nitrogens with one attached hydrogen (secondary N) is 1. The highest BCUT2D eigenvalue weighted by molar-refractivity contribution is 6.21. The van der Waals surface area contributed by atoms with Crippen LogP contribution < -0.4 is 5.48 Å². The fourth-order valence-corrected chi connectivity index (χ4v) is 1.33. The molecule has 1 aromatic carbocycles.